The quantitative estimate of drug-likeness (QED) is 0.903. The van der Waals surface area contributed by atoms with Gasteiger partial charge in [0.05, 0.1) is 6.54 Å². The number of likely N-dealkylation sites (tertiary alicyclic amines) is 1. The van der Waals surface area contributed by atoms with E-state index in [9.17, 15) is 0 Å². The molecule has 5 nitrogen and oxygen atoms in total. The van der Waals surface area contributed by atoms with Crippen LogP contribution in [0.3, 0.4) is 0 Å². The number of hydrogen-bond acceptors (Lipinski definition) is 5. The molecule has 1 N–H and O–H groups in total. The van der Waals surface area contributed by atoms with E-state index in [4.69, 9.17) is 4.42 Å². The molecule has 1 aromatic rings. The van der Waals surface area contributed by atoms with Gasteiger partial charge in [-0.15, -0.1) is 10.2 Å². The highest BCUT2D eigenvalue weighted by atomic mass is 16.4. The number of nitrogens with one attached hydrogen (secondary N) is 1. The number of rotatable bonds is 4. The van der Waals surface area contributed by atoms with E-state index in [1.54, 1.807) is 0 Å². The smallest absolute Gasteiger partial charge is 0.230 e. The zero-order valence-corrected chi connectivity index (χ0v) is 12.6. The molecule has 2 rings (SSSR count). The molecule has 1 aliphatic rings. The minimum absolute atomic E-state index is 0.200. The molecule has 0 radical (unpaired) electrons. The van der Waals surface area contributed by atoms with Gasteiger partial charge in [-0.2, -0.15) is 0 Å². The van der Waals surface area contributed by atoms with Gasteiger partial charge in [-0.25, -0.2) is 0 Å². The summed E-state index contributed by atoms with van der Waals surface area (Å²) in [6.07, 6.45) is 2.56. The zero-order chi connectivity index (χ0) is 13.9. The molecule has 5 heteroatoms. The largest absolute Gasteiger partial charge is 0.424 e. The van der Waals surface area contributed by atoms with Crippen LogP contribution in [0.4, 0.5) is 0 Å². The normalized spacial score (nSPS) is 21.8. The Hall–Kier alpha value is -0.940. The summed E-state index contributed by atoms with van der Waals surface area (Å²) in [5.41, 5.74) is 0.200. The summed E-state index contributed by atoms with van der Waals surface area (Å²) in [5.74, 6) is 2.11. The lowest BCUT2D eigenvalue weighted by molar-refractivity contribution is 0.147. The van der Waals surface area contributed by atoms with Crippen molar-refractivity contribution in [2.24, 2.45) is 5.92 Å². The van der Waals surface area contributed by atoms with Crippen molar-refractivity contribution in [2.45, 2.75) is 52.6 Å². The molecule has 1 atom stereocenters. The Kier molecular flexibility index (Phi) is 4.58. The summed E-state index contributed by atoms with van der Waals surface area (Å²) in [6, 6.07) is 0. The Labute approximate surface area is 115 Å². The Bertz CT molecular complexity index is 396. The highest BCUT2D eigenvalue weighted by Crippen LogP contribution is 2.18. The first-order valence-corrected chi connectivity index (χ1v) is 7.19. The van der Waals surface area contributed by atoms with Crippen LogP contribution in [0.5, 0.6) is 0 Å². The van der Waals surface area contributed by atoms with Crippen molar-refractivity contribution in [2.75, 3.05) is 19.6 Å². The van der Waals surface area contributed by atoms with Gasteiger partial charge in [0.15, 0.2) is 0 Å². The molecule has 1 saturated heterocycles. The minimum Gasteiger partial charge on any atom is -0.424 e. The van der Waals surface area contributed by atoms with E-state index < -0.39 is 0 Å². The van der Waals surface area contributed by atoms with Gasteiger partial charge >= 0.3 is 0 Å². The molecule has 0 amide bonds. The standard InChI is InChI=1S/C14H26N4O/c1-11-16-17-13(19-11)10-18-7-5-6-12(9-18)8-15-14(2,3)4/h12,15H,5-10H2,1-4H3. The fourth-order valence-electron chi connectivity index (χ4n) is 2.50. The molecule has 0 bridgehead atoms. The molecule has 108 valence electrons. The van der Waals surface area contributed by atoms with Crippen LogP contribution >= 0.6 is 0 Å². The zero-order valence-electron chi connectivity index (χ0n) is 12.6. The first-order valence-electron chi connectivity index (χ1n) is 7.19. The molecule has 19 heavy (non-hydrogen) atoms. The van der Waals surface area contributed by atoms with Crippen molar-refractivity contribution in [1.29, 1.82) is 0 Å². The topological polar surface area (TPSA) is 54.2 Å². The molecule has 1 aromatic heterocycles. The number of hydrogen-bond donors (Lipinski definition) is 1. The Morgan fingerprint density at radius 3 is 2.79 bits per heavy atom. The molecule has 2 heterocycles. The summed E-state index contributed by atoms with van der Waals surface area (Å²) >= 11 is 0. The van der Waals surface area contributed by atoms with E-state index in [1.807, 2.05) is 6.92 Å². The summed E-state index contributed by atoms with van der Waals surface area (Å²) in [6.45, 7) is 12.6. The van der Waals surface area contributed by atoms with Gasteiger partial charge in [0.2, 0.25) is 11.8 Å². The summed E-state index contributed by atoms with van der Waals surface area (Å²) in [7, 11) is 0. The summed E-state index contributed by atoms with van der Waals surface area (Å²) in [4.78, 5) is 2.42. The minimum atomic E-state index is 0.200. The van der Waals surface area contributed by atoms with E-state index in [0.717, 1.165) is 38.0 Å². The van der Waals surface area contributed by atoms with E-state index in [-0.39, 0.29) is 5.54 Å². The molecule has 1 unspecified atom stereocenters. The maximum atomic E-state index is 5.46. The molecule has 0 aliphatic carbocycles. The average molecular weight is 266 g/mol. The monoisotopic (exact) mass is 266 g/mol. The highest BCUT2D eigenvalue weighted by molar-refractivity contribution is 4.83. The first kappa shape index (κ1) is 14.5. The maximum Gasteiger partial charge on any atom is 0.230 e. The van der Waals surface area contributed by atoms with Gasteiger partial charge < -0.3 is 9.73 Å². The van der Waals surface area contributed by atoms with E-state index in [2.05, 4.69) is 41.2 Å². The van der Waals surface area contributed by atoms with E-state index in [0.29, 0.717) is 5.89 Å². The lowest BCUT2D eigenvalue weighted by Crippen LogP contribution is -2.44. The van der Waals surface area contributed by atoms with E-state index in [1.165, 1.54) is 12.8 Å². The SMILES string of the molecule is Cc1nnc(CN2CCCC(CNC(C)(C)C)C2)o1. The third-order valence-electron chi connectivity index (χ3n) is 3.45. The van der Waals surface area contributed by atoms with Crippen LogP contribution < -0.4 is 5.32 Å². The molecular weight excluding hydrogens is 240 g/mol. The summed E-state index contributed by atoms with van der Waals surface area (Å²) < 4.78 is 5.46. The number of piperidine rings is 1. The van der Waals surface area contributed by atoms with Crippen molar-refractivity contribution in [3.05, 3.63) is 11.8 Å². The lowest BCUT2D eigenvalue weighted by atomic mass is 9.96. The fraction of sp³-hybridized carbons (Fsp3) is 0.857. The predicted molar refractivity (Wildman–Crippen MR) is 74.8 cm³/mol. The van der Waals surface area contributed by atoms with Gasteiger partial charge in [0.1, 0.15) is 0 Å². The second-order valence-corrected chi connectivity index (χ2v) is 6.59. The van der Waals surface area contributed by atoms with Gasteiger partial charge in [0, 0.05) is 19.0 Å². The Morgan fingerprint density at radius 2 is 2.16 bits per heavy atom. The second-order valence-electron chi connectivity index (χ2n) is 6.59. The molecule has 1 aliphatic heterocycles. The van der Waals surface area contributed by atoms with Crippen molar-refractivity contribution in [3.63, 3.8) is 0 Å². The van der Waals surface area contributed by atoms with Crippen molar-refractivity contribution in [3.8, 4) is 0 Å². The van der Waals surface area contributed by atoms with Crippen molar-refractivity contribution < 1.29 is 4.42 Å². The Balaban J connectivity index is 1.80. The van der Waals surface area contributed by atoms with Gasteiger partial charge in [-0.3, -0.25) is 4.90 Å². The summed E-state index contributed by atoms with van der Waals surface area (Å²) in [5, 5.41) is 11.6. The van der Waals surface area contributed by atoms with Gasteiger partial charge in [-0.1, -0.05) is 0 Å². The number of aromatic nitrogens is 2. The Morgan fingerprint density at radius 1 is 1.37 bits per heavy atom. The fourth-order valence-corrected chi connectivity index (χ4v) is 2.50. The van der Waals surface area contributed by atoms with Crippen LogP contribution in [0, 0.1) is 12.8 Å². The van der Waals surface area contributed by atoms with Crippen LogP contribution in [0.1, 0.15) is 45.4 Å². The number of aryl methyl sites for hydroxylation is 1. The molecule has 1 fully saturated rings. The lowest BCUT2D eigenvalue weighted by Gasteiger charge is -2.33. The molecule has 0 saturated carbocycles. The van der Waals surface area contributed by atoms with Crippen LogP contribution in [-0.2, 0) is 6.54 Å². The van der Waals surface area contributed by atoms with E-state index >= 15 is 0 Å². The maximum absolute atomic E-state index is 5.46. The van der Waals surface area contributed by atoms with Gasteiger partial charge in [-0.05, 0) is 52.6 Å². The van der Waals surface area contributed by atoms with Crippen LogP contribution in [0.15, 0.2) is 4.42 Å². The molecule has 0 spiro atoms. The van der Waals surface area contributed by atoms with Crippen LogP contribution in [0.2, 0.25) is 0 Å². The average Bonchev–Trinajstić information content (AvgIpc) is 2.72. The highest BCUT2D eigenvalue weighted by Gasteiger charge is 2.22. The molecular formula is C14H26N4O. The predicted octanol–water partition coefficient (Wildman–Crippen LogP) is 1.98. The van der Waals surface area contributed by atoms with Crippen LogP contribution in [-0.4, -0.2) is 40.3 Å². The second kappa shape index (κ2) is 6.01. The third-order valence-corrected chi connectivity index (χ3v) is 3.45. The number of nitrogens with zero attached hydrogens (tertiary/aromatic N) is 3. The van der Waals surface area contributed by atoms with Crippen molar-refractivity contribution >= 4 is 0 Å². The first-order chi connectivity index (χ1) is 8.92. The van der Waals surface area contributed by atoms with Crippen LogP contribution in [0.25, 0.3) is 0 Å². The third kappa shape index (κ3) is 4.91. The van der Waals surface area contributed by atoms with Crippen molar-refractivity contribution in [1.82, 2.24) is 20.4 Å². The van der Waals surface area contributed by atoms with Gasteiger partial charge in [0.25, 0.3) is 0 Å². The molecule has 0 aromatic carbocycles.